The SMILES string of the molecule is O=C(c1cc([N+]2(OC(=O)C(F)(F)F)CCNC2=O)c(F)cc1F)N1CCC(F)(F)[C@@H](Oc2ccc3ccccc3n2)C1. The first kappa shape index (κ1) is 29.0. The van der Waals surface area contributed by atoms with Crippen molar-refractivity contribution < 1.29 is 54.7 Å². The van der Waals surface area contributed by atoms with Crippen LogP contribution in [0.25, 0.3) is 10.9 Å². The highest BCUT2D eigenvalue weighted by atomic mass is 19.4. The van der Waals surface area contributed by atoms with E-state index in [2.05, 4.69) is 15.1 Å². The Labute approximate surface area is 231 Å². The number of rotatable bonds is 5. The summed E-state index contributed by atoms with van der Waals surface area (Å²) in [6.07, 6.45) is -8.41. The highest BCUT2D eigenvalue weighted by Gasteiger charge is 2.57. The van der Waals surface area contributed by atoms with Crippen LogP contribution in [0.3, 0.4) is 0 Å². The van der Waals surface area contributed by atoms with Gasteiger partial charge in [-0.1, -0.05) is 18.2 Å². The Morgan fingerprint density at radius 3 is 2.50 bits per heavy atom. The van der Waals surface area contributed by atoms with Crippen molar-refractivity contribution in [3.05, 3.63) is 65.7 Å². The van der Waals surface area contributed by atoms with Crippen LogP contribution in [-0.4, -0.2) is 72.2 Å². The third-order valence-electron chi connectivity index (χ3n) is 6.85. The third kappa shape index (κ3) is 5.29. The maximum atomic E-state index is 14.9. The Morgan fingerprint density at radius 2 is 1.81 bits per heavy atom. The summed E-state index contributed by atoms with van der Waals surface area (Å²) in [6.45, 7) is -2.43. The Kier molecular flexibility index (Phi) is 7.20. The minimum atomic E-state index is -5.57. The fourth-order valence-corrected chi connectivity index (χ4v) is 4.69. The zero-order valence-electron chi connectivity index (χ0n) is 21.3. The fraction of sp³-hybridized carbons (Fsp3) is 0.308. The number of pyridine rings is 1. The summed E-state index contributed by atoms with van der Waals surface area (Å²) in [4.78, 5) is 46.7. The lowest BCUT2D eigenvalue weighted by Crippen LogP contribution is -2.56. The van der Waals surface area contributed by atoms with Gasteiger partial charge >= 0.3 is 18.2 Å². The largest absolute Gasteiger partial charge is 0.497 e. The molecule has 16 heteroatoms. The average molecular weight is 601 g/mol. The van der Waals surface area contributed by atoms with Crippen LogP contribution in [-0.2, 0) is 9.63 Å². The first-order chi connectivity index (χ1) is 19.7. The van der Waals surface area contributed by atoms with Crippen molar-refractivity contribution in [1.82, 2.24) is 19.8 Å². The van der Waals surface area contributed by atoms with Crippen molar-refractivity contribution in [2.24, 2.45) is 0 Å². The Bertz CT molecular complexity index is 1580. The molecule has 2 atom stereocenters. The summed E-state index contributed by atoms with van der Waals surface area (Å²) in [7, 11) is 0. The van der Waals surface area contributed by atoms with Crippen molar-refractivity contribution in [2.75, 3.05) is 26.2 Å². The maximum Gasteiger partial charge on any atom is 0.497 e. The lowest BCUT2D eigenvalue weighted by Gasteiger charge is -2.38. The number of aromatic nitrogens is 1. The number of hydroxylamine groups is 2. The molecule has 0 bridgehead atoms. The quantitative estimate of drug-likeness (QED) is 0.342. The number of hydrogen-bond acceptors (Lipinski definition) is 6. The van der Waals surface area contributed by atoms with E-state index in [1.807, 2.05) is 0 Å². The second kappa shape index (κ2) is 10.4. The standard InChI is InChI=1S/C26H19F7N4O5/c27-16-12-17(28)19(37(10-8-34-24(37)40)42-23(39)26(31,32)33)11-15(16)22(38)36-9-7-25(29,30)20(13-36)41-21-6-5-14-3-1-2-4-18(14)35-21/h1-6,11-12,20H,7-10,13H2/p+1/t20-,37?/m0/s1. The van der Waals surface area contributed by atoms with Gasteiger partial charge in [0.05, 0.1) is 24.2 Å². The minimum Gasteiger partial charge on any atom is -0.466 e. The number of halogens is 7. The van der Waals surface area contributed by atoms with E-state index in [0.717, 1.165) is 4.90 Å². The molecule has 2 saturated heterocycles. The molecule has 3 heterocycles. The molecule has 0 radical (unpaired) electrons. The van der Waals surface area contributed by atoms with E-state index in [9.17, 15) is 45.1 Å². The summed E-state index contributed by atoms with van der Waals surface area (Å²) in [5, 5.41) is 2.81. The van der Waals surface area contributed by atoms with Gasteiger partial charge in [-0.3, -0.25) is 14.9 Å². The molecule has 0 spiro atoms. The Morgan fingerprint density at radius 1 is 1.07 bits per heavy atom. The van der Waals surface area contributed by atoms with Crippen LogP contribution in [0.2, 0.25) is 0 Å². The predicted octanol–water partition coefficient (Wildman–Crippen LogP) is 4.49. The minimum absolute atomic E-state index is 0.126. The van der Waals surface area contributed by atoms with E-state index in [0.29, 0.717) is 17.0 Å². The molecule has 5 rings (SSSR count). The van der Waals surface area contributed by atoms with Crippen molar-refractivity contribution >= 4 is 34.5 Å². The molecule has 1 unspecified atom stereocenters. The van der Waals surface area contributed by atoms with Crippen molar-refractivity contribution in [3.63, 3.8) is 0 Å². The summed E-state index contributed by atoms with van der Waals surface area (Å²) < 4.78 is 102. The molecule has 9 nitrogen and oxygen atoms in total. The summed E-state index contributed by atoms with van der Waals surface area (Å²) in [5.41, 5.74) is -1.57. The number of nitrogens with one attached hydrogen (secondary N) is 1. The van der Waals surface area contributed by atoms with Crippen LogP contribution in [0, 0.1) is 11.6 Å². The molecule has 3 amide bonds. The van der Waals surface area contributed by atoms with Gasteiger partial charge in [-0.25, -0.2) is 32.1 Å². The number of para-hydroxylation sites is 1. The van der Waals surface area contributed by atoms with E-state index in [4.69, 9.17) is 4.74 Å². The number of piperidine rings is 1. The van der Waals surface area contributed by atoms with Crippen molar-refractivity contribution in [2.45, 2.75) is 24.6 Å². The van der Waals surface area contributed by atoms with Crippen LogP contribution < -0.4 is 14.7 Å². The number of hydrogen-bond donors (Lipinski definition) is 1. The van der Waals surface area contributed by atoms with E-state index in [1.54, 1.807) is 30.3 Å². The van der Waals surface area contributed by atoms with Gasteiger partial charge in [-0.05, 0) is 16.8 Å². The molecule has 2 fully saturated rings. The second-order valence-corrected chi connectivity index (χ2v) is 9.57. The molecule has 0 aliphatic carbocycles. The lowest BCUT2D eigenvalue weighted by molar-refractivity contribution is -0.223. The lowest BCUT2D eigenvalue weighted by atomic mass is 10.0. The van der Waals surface area contributed by atoms with E-state index >= 15 is 0 Å². The van der Waals surface area contributed by atoms with Crippen molar-refractivity contribution in [3.8, 4) is 5.88 Å². The van der Waals surface area contributed by atoms with Gasteiger partial charge < -0.3 is 9.64 Å². The number of fused-ring (bicyclic) bond motifs is 1. The number of amides is 3. The smallest absolute Gasteiger partial charge is 0.466 e. The summed E-state index contributed by atoms with van der Waals surface area (Å²) in [6, 6.07) is 8.93. The van der Waals surface area contributed by atoms with E-state index in [1.165, 1.54) is 6.07 Å². The number of benzene rings is 2. The third-order valence-corrected chi connectivity index (χ3v) is 6.85. The number of alkyl halides is 5. The van der Waals surface area contributed by atoms with Gasteiger partial charge in [0.15, 0.2) is 18.5 Å². The molecule has 1 N–H and O–H groups in total. The number of carbonyl (C=O) groups excluding carboxylic acids is 3. The van der Waals surface area contributed by atoms with Gasteiger partial charge in [0, 0.05) is 36.6 Å². The highest BCUT2D eigenvalue weighted by molar-refractivity contribution is 5.97. The fourth-order valence-electron chi connectivity index (χ4n) is 4.69. The molecule has 2 aliphatic rings. The predicted molar refractivity (Wildman–Crippen MR) is 130 cm³/mol. The number of ether oxygens (including phenoxy) is 1. The van der Waals surface area contributed by atoms with Gasteiger partial charge in [0.25, 0.3) is 11.8 Å². The first-order valence-corrected chi connectivity index (χ1v) is 12.4. The molecular weight excluding hydrogens is 581 g/mol. The van der Waals surface area contributed by atoms with Gasteiger partial charge in [0.1, 0.15) is 5.82 Å². The average Bonchev–Trinajstić information content (AvgIpc) is 3.29. The van der Waals surface area contributed by atoms with Crippen LogP contribution in [0.15, 0.2) is 48.5 Å². The van der Waals surface area contributed by atoms with Gasteiger partial charge in [0.2, 0.25) is 11.6 Å². The summed E-state index contributed by atoms with van der Waals surface area (Å²) in [5.74, 6) is -10.8. The summed E-state index contributed by atoms with van der Waals surface area (Å²) >= 11 is 0. The number of urea groups is 1. The van der Waals surface area contributed by atoms with Crippen LogP contribution in [0.1, 0.15) is 16.8 Å². The molecule has 1 aromatic heterocycles. The molecule has 3 aromatic rings. The van der Waals surface area contributed by atoms with Crippen LogP contribution in [0.5, 0.6) is 5.88 Å². The van der Waals surface area contributed by atoms with Gasteiger partial charge in [-0.15, -0.1) is 0 Å². The number of carbonyl (C=O) groups is 3. The number of quaternary nitrogens is 1. The van der Waals surface area contributed by atoms with Crippen LogP contribution >= 0.6 is 0 Å². The Hall–Kier alpha value is -4.47. The van der Waals surface area contributed by atoms with E-state index < -0.39 is 89.7 Å². The zero-order chi connectivity index (χ0) is 30.4. The maximum absolute atomic E-state index is 14.9. The second-order valence-electron chi connectivity index (χ2n) is 9.57. The Balaban J connectivity index is 1.44. The molecule has 2 aromatic carbocycles. The monoisotopic (exact) mass is 601 g/mol. The van der Waals surface area contributed by atoms with Crippen LogP contribution in [0.4, 0.5) is 41.2 Å². The van der Waals surface area contributed by atoms with E-state index in [-0.39, 0.29) is 18.5 Å². The molecule has 0 saturated carbocycles. The highest BCUT2D eigenvalue weighted by Crippen LogP contribution is 2.36. The van der Waals surface area contributed by atoms with Crippen molar-refractivity contribution in [1.29, 1.82) is 0 Å². The number of nitrogens with zero attached hydrogens (tertiary/aromatic N) is 3. The molecule has 222 valence electrons. The number of likely N-dealkylation sites (tertiary alicyclic amines) is 1. The molecule has 42 heavy (non-hydrogen) atoms. The molecular formula is C26H20F7N4O5+. The zero-order valence-corrected chi connectivity index (χ0v) is 21.3. The normalized spacial score (nSPS) is 22.1. The van der Waals surface area contributed by atoms with Gasteiger partial charge in [-0.2, -0.15) is 13.2 Å². The first-order valence-electron chi connectivity index (χ1n) is 12.4. The topological polar surface area (TPSA) is 97.8 Å². The molecule has 2 aliphatic heterocycles.